The maximum Gasteiger partial charge on any atom is 0.153 e. The first-order valence-electron chi connectivity index (χ1n) is 4.41. The van der Waals surface area contributed by atoms with E-state index in [4.69, 9.17) is 0 Å². The average molecular weight is 229 g/mol. The molecule has 0 saturated heterocycles. The number of rotatable bonds is 0. The van der Waals surface area contributed by atoms with Gasteiger partial charge in [-0.2, -0.15) is 0 Å². The maximum absolute atomic E-state index is 11.5. The predicted molar refractivity (Wildman–Crippen MR) is 52.3 cm³/mol. The Morgan fingerprint density at radius 3 is 3.00 bits per heavy atom. The largest absolute Gasteiger partial charge is 0.298 e. The van der Waals surface area contributed by atoms with E-state index in [9.17, 15) is 4.79 Å². The zero-order valence-corrected chi connectivity index (χ0v) is 9.02. The topological polar surface area (TPSA) is 17.1 Å². The molecule has 12 heavy (non-hydrogen) atoms. The highest BCUT2D eigenvalue weighted by molar-refractivity contribution is 9.10. The lowest BCUT2D eigenvalue weighted by atomic mass is 9.55. The molecule has 66 valence electrons. The summed E-state index contributed by atoms with van der Waals surface area (Å²) in [7, 11) is 0. The summed E-state index contributed by atoms with van der Waals surface area (Å²) >= 11 is 3.44. The molecule has 0 aromatic heterocycles. The monoisotopic (exact) mass is 228 g/mol. The Bertz CT molecular complexity index is 269. The molecule has 0 radical (unpaired) electrons. The van der Waals surface area contributed by atoms with Gasteiger partial charge in [0.05, 0.1) is 4.83 Å². The van der Waals surface area contributed by atoms with Crippen molar-refractivity contribution in [2.75, 3.05) is 0 Å². The molecule has 0 aliphatic heterocycles. The fourth-order valence-electron chi connectivity index (χ4n) is 2.27. The van der Waals surface area contributed by atoms with Crippen LogP contribution in [0.3, 0.4) is 0 Å². The van der Waals surface area contributed by atoms with Crippen molar-refractivity contribution in [2.24, 2.45) is 11.3 Å². The van der Waals surface area contributed by atoms with Gasteiger partial charge in [0.2, 0.25) is 0 Å². The molecule has 2 aliphatic rings. The summed E-state index contributed by atoms with van der Waals surface area (Å²) in [6.45, 7) is 4.25. The molecule has 1 unspecified atom stereocenters. The summed E-state index contributed by atoms with van der Waals surface area (Å²) in [5.41, 5.74) is 1.41. The van der Waals surface area contributed by atoms with Crippen LogP contribution in [0.25, 0.3) is 0 Å². The zero-order valence-electron chi connectivity index (χ0n) is 7.43. The van der Waals surface area contributed by atoms with Crippen LogP contribution in [0.15, 0.2) is 11.6 Å². The smallest absolute Gasteiger partial charge is 0.153 e. The molecular weight excluding hydrogens is 216 g/mol. The third-order valence-electron chi connectivity index (χ3n) is 3.37. The first-order chi connectivity index (χ1) is 5.55. The van der Waals surface area contributed by atoms with Crippen molar-refractivity contribution in [3.63, 3.8) is 0 Å². The van der Waals surface area contributed by atoms with Crippen LogP contribution in [0.2, 0.25) is 0 Å². The number of alkyl halides is 1. The highest BCUT2D eigenvalue weighted by Gasteiger charge is 2.57. The predicted octanol–water partition coefficient (Wildman–Crippen LogP) is 2.70. The fraction of sp³-hybridized carbons (Fsp3) is 0.700. The quantitative estimate of drug-likeness (QED) is 0.461. The summed E-state index contributed by atoms with van der Waals surface area (Å²) in [4.78, 5) is 11.6. The first-order valence-corrected chi connectivity index (χ1v) is 5.33. The van der Waals surface area contributed by atoms with Crippen LogP contribution in [0.5, 0.6) is 0 Å². The lowest BCUT2D eigenvalue weighted by Gasteiger charge is -2.50. The average Bonchev–Trinajstić information content (AvgIpc) is 2.08. The lowest BCUT2D eigenvalue weighted by molar-refractivity contribution is -0.141. The number of hydrogen-bond donors (Lipinski definition) is 0. The third kappa shape index (κ3) is 0.875. The van der Waals surface area contributed by atoms with Crippen molar-refractivity contribution >= 4 is 21.7 Å². The summed E-state index contributed by atoms with van der Waals surface area (Å²) in [6, 6.07) is 0. The second kappa shape index (κ2) is 2.44. The van der Waals surface area contributed by atoms with Gasteiger partial charge >= 0.3 is 0 Å². The molecule has 0 aromatic rings. The van der Waals surface area contributed by atoms with Crippen LogP contribution in [0.4, 0.5) is 0 Å². The van der Waals surface area contributed by atoms with Gasteiger partial charge in [-0.05, 0) is 19.8 Å². The Hall–Kier alpha value is -0.110. The van der Waals surface area contributed by atoms with Crippen molar-refractivity contribution < 1.29 is 4.79 Å². The second-order valence-electron chi connectivity index (χ2n) is 4.22. The van der Waals surface area contributed by atoms with Crippen LogP contribution >= 0.6 is 15.9 Å². The highest BCUT2D eigenvalue weighted by Crippen LogP contribution is 2.53. The molecular formula is C10H13BrO. The number of carbonyl (C=O) groups excluding carboxylic acids is 1. The van der Waals surface area contributed by atoms with E-state index in [-0.39, 0.29) is 10.2 Å². The van der Waals surface area contributed by atoms with E-state index < -0.39 is 0 Å². The number of hydrogen-bond acceptors (Lipinski definition) is 1. The summed E-state index contributed by atoms with van der Waals surface area (Å²) < 4.78 is 0. The molecule has 0 heterocycles. The molecule has 0 amide bonds. The van der Waals surface area contributed by atoms with Gasteiger partial charge < -0.3 is 0 Å². The van der Waals surface area contributed by atoms with Crippen molar-refractivity contribution in [3.05, 3.63) is 11.6 Å². The minimum atomic E-state index is -0.0341. The van der Waals surface area contributed by atoms with E-state index in [1.54, 1.807) is 0 Å². The molecule has 1 nitrogen and oxygen atoms in total. The molecule has 0 aromatic carbocycles. The van der Waals surface area contributed by atoms with Crippen molar-refractivity contribution in [3.8, 4) is 0 Å². The molecule has 0 spiro atoms. The summed E-state index contributed by atoms with van der Waals surface area (Å²) in [5, 5.41) is 0. The standard InChI is InChI=1S/C10H13BrO/c1-6-3-4-10(2)7(5-6)8(11)9(10)12/h5,7-8H,3-4H2,1-2H3/t7-,8?,10-/m0/s1. The minimum Gasteiger partial charge on any atom is -0.298 e. The Balaban J connectivity index is 2.31. The molecule has 0 N–H and O–H groups in total. The van der Waals surface area contributed by atoms with E-state index >= 15 is 0 Å². The molecule has 1 fully saturated rings. The van der Waals surface area contributed by atoms with Crippen LogP contribution in [-0.2, 0) is 4.79 Å². The SMILES string of the molecule is CC1=C[C@H]2C(Br)C(=O)[C@@]2(C)CC1. The van der Waals surface area contributed by atoms with Crippen molar-refractivity contribution in [1.29, 1.82) is 0 Å². The Morgan fingerprint density at radius 1 is 1.67 bits per heavy atom. The third-order valence-corrected chi connectivity index (χ3v) is 4.35. The van der Waals surface area contributed by atoms with Gasteiger partial charge in [0.15, 0.2) is 5.78 Å². The van der Waals surface area contributed by atoms with Gasteiger partial charge in [0.1, 0.15) is 0 Å². The number of carbonyl (C=O) groups is 1. The van der Waals surface area contributed by atoms with Crippen molar-refractivity contribution in [2.45, 2.75) is 31.5 Å². The Labute approximate surface area is 81.4 Å². The number of halogens is 1. The molecule has 2 rings (SSSR count). The van der Waals surface area contributed by atoms with E-state index in [1.165, 1.54) is 5.57 Å². The molecule has 2 aliphatic carbocycles. The molecule has 3 atom stereocenters. The Kier molecular flexibility index (Phi) is 1.73. The highest BCUT2D eigenvalue weighted by atomic mass is 79.9. The maximum atomic E-state index is 11.5. The van der Waals surface area contributed by atoms with E-state index in [0.29, 0.717) is 11.7 Å². The summed E-state index contributed by atoms with van der Waals surface area (Å²) in [6.07, 6.45) is 4.41. The number of Topliss-reactive ketones (excluding diaryl/α,β-unsaturated/α-hetero) is 1. The molecule has 1 saturated carbocycles. The van der Waals surface area contributed by atoms with Gasteiger partial charge in [-0.25, -0.2) is 0 Å². The van der Waals surface area contributed by atoms with E-state index in [1.807, 2.05) is 0 Å². The van der Waals surface area contributed by atoms with E-state index in [0.717, 1.165) is 12.8 Å². The lowest BCUT2D eigenvalue weighted by Crippen LogP contribution is -2.57. The van der Waals surface area contributed by atoms with Gasteiger partial charge in [-0.1, -0.05) is 34.5 Å². The number of fused-ring (bicyclic) bond motifs is 1. The number of ketones is 1. The zero-order chi connectivity index (χ0) is 8.93. The second-order valence-corrected chi connectivity index (χ2v) is 5.21. The Morgan fingerprint density at radius 2 is 2.33 bits per heavy atom. The molecule has 0 bridgehead atoms. The molecule has 2 heteroatoms. The van der Waals surface area contributed by atoms with Crippen LogP contribution in [0.1, 0.15) is 26.7 Å². The fourth-order valence-corrected chi connectivity index (χ4v) is 3.53. The van der Waals surface area contributed by atoms with Crippen molar-refractivity contribution in [1.82, 2.24) is 0 Å². The van der Waals surface area contributed by atoms with Crippen LogP contribution < -0.4 is 0 Å². The summed E-state index contributed by atoms with van der Waals surface area (Å²) in [5.74, 6) is 0.856. The van der Waals surface area contributed by atoms with Gasteiger partial charge in [-0.15, -0.1) is 0 Å². The van der Waals surface area contributed by atoms with Crippen LogP contribution in [-0.4, -0.2) is 10.6 Å². The van der Waals surface area contributed by atoms with E-state index in [2.05, 4.69) is 35.9 Å². The van der Waals surface area contributed by atoms with Gasteiger partial charge in [0, 0.05) is 11.3 Å². The van der Waals surface area contributed by atoms with Gasteiger partial charge in [0.25, 0.3) is 0 Å². The minimum absolute atomic E-state index is 0.0341. The normalized spacial score (nSPS) is 46.2. The first kappa shape index (κ1) is 8.49. The van der Waals surface area contributed by atoms with Gasteiger partial charge in [-0.3, -0.25) is 4.79 Å². The number of allylic oxidation sites excluding steroid dienone is 2. The van der Waals surface area contributed by atoms with Crippen LogP contribution in [0, 0.1) is 11.3 Å².